The number of methoxy groups -OCH3 is 1. The van der Waals surface area contributed by atoms with E-state index < -0.39 is 0 Å². The van der Waals surface area contributed by atoms with Crippen LogP contribution in [0.4, 0.5) is 5.82 Å². The zero-order valence-corrected chi connectivity index (χ0v) is 15.0. The molecule has 3 N–H and O–H groups in total. The van der Waals surface area contributed by atoms with Gasteiger partial charge in [0.2, 0.25) is 0 Å². The van der Waals surface area contributed by atoms with Crippen molar-refractivity contribution in [3.8, 4) is 29.0 Å². The first-order chi connectivity index (χ1) is 12.7. The topological polar surface area (TPSA) is 125 Å². The van der Waals surface area contributed by atoms with Crippen molar-refractivity contribution in [2.45, 2.75) is 5.03 Å². The fourth-order valence-electron chi connectivity index (χ4n) is 2.29. The summed E-state index contributed by atoms with van der Waals surface area (Å²) < 4.78 is 10.4. The second kappa shape index (κ2) is 9.64. The van der Waals surface area contributed by atoms with Gasteiger partial charge < -0.3 is 20.3 Å². The minimum atomic E-state index is -0.0815. The average molecular weight is 370 g/mol. The molecule has 0 bridgehead atoms. The molecule has 0 saturated heterocycles. The van der Waals surface area contributed by atoms with E-state index in [1.165, 1.54) is 11.8 Å². The van der Waals surface area contributed by atoms with Crippen LogP contribution in [0, 0.1) is 22.7 Å². The number of hydrogen-bond donors (Lipinski definition) is 2. The first kappa shape index (κ1) is 19.5. The van der Waals surface area contributed by atoms with Gasteiger partial charge in [-0.05, 0) is 17.7 Å². The van der Waals surface area contributed by atoms with Crippen molar-refractivity contribution >= 4 is 17.6 Å². The van der Waals surface area contributed by atoms with Crippen LogP contribution in [0.15, 0.2) is 29.3 Å². The van der Waals surface area contributed by atoms with Gasteiger partial charge in [0.05, 0.1) is 18.8 Å². The third-order valence-electron chi connectivity index (χ3n) is 3.44. The Bertz CT molecular complexity index is 841. The highest BCUT2D eigenvalue weighted by Crippen LogP contribution is 2.36. The molecule has 1 aromatic carbocycles. The van der Waals surface area contributed by atoms with Crippen molar-refractivity contribution in [3.05, 3.63) is 35.4 Å². The Hall–Kier alpha value is -2.78. The summed E-state index contributed by atoms with van der Waals surface area (Å²) in [6, 6.07) is 11.1. The smallest absolute Gasteiger partial charge is 0.143 e. The van der Waals surface area contributed by atoms with Gasteiger partial charge in [-0.1, -0.05) is 12.1 Å². The standard InChI is InChI=1S/C18H18N4O3S/c1-24-8-9-26-18-15(11-20)16(14(10-19)17(21)22-18)12-2-4-13(5-3-12)25-7-6-23/h2-5,23H,6-9H2,1H3,(H2,21,22). The molecule has 0 aliphatic carbocycles. The number of hydrogen-bond acceptors (Lipinski definition) is 8. The maximum absolute atomic E-state index is 9.66. The predicted molar refractivity (Wildman–Crippen MR) is 98.7 cm³/mol. The number of rotatable bonds is 8. The molecule has 0 aliphatic heterocycles. The molecule has 8 heteroatoms. The van der Waals surface area contributed by atoms with Gasteiger partial charge in [0.1, 0.15) is 40.9 Å². The number of anilines is 1. The van der Waals surface area contributed by atoms with Gasteiger partial charge in [-0.15, -0.1) is 11.8 Å². The summed E-state index contributed by atoms with van der Waals surface area (Å²) in [6.07, 6.45) is 0. The van der Waals surface area contributed by atoms with E-state index in [1.54, 1.807) is 31.4 Å². The number of aromatic nitrogens is 1. The quantitative estimate of drug-likeness (QED) is 0.535. The molecule has 0 spiro atoms. The summed E-state index contributed by atoms with van der Waals surface area (Å²) in [4.78, 5) is 4.22. The molecule has 26 heavy (non-hydrogen) atoms. The SMILES string of the molecule is COCCSc1nc(N)c(C#N)c(-c2ccc(OCCO)cc2)c1C#N. The molecular formula is C18H18N4O3S. The van der Waals surface area contributed by atoms with Gasteiger partial charge in [-0.3, -0.25) is 0 Å². The molecule has 0 unspecified atom stereocenters. The van der Waals surface area contributed by atoms with E-state index in [2.05, 4.69) is 11.1 Å². The largest absolute Gasteiger partial charge is 0.491 e. The lowest BCUT2D eigenvalue weighted by atomic mass is 9.97. The lowest BCUT2D eigenvalue weighted by Gasteiger charge is -2.13. The third-order valence-corrected chi connectivity index (χ3v) is 4.38. The number of nitrogen functional groups attached to an aromatic ring is 1. The number of nitrogens with zero attached hydrogens (tertiary/aromatic N) is 3. The number of thioether (sulfide) groups is 1. The highest BCUT2D eigenvalue weighted by Gasteiger charge is 2.20. The van der Waals surface area contributed by atoms with Gasteiger partial charge in [0, 0.05) is 18.4 Å². The second-order valence-electron chi connectivity index (χ2n) is 5.09. The number of pyridine rings is 1. The van der Waals surface area contributed by atoms with E-state index in [9.17, 15) is 10.5 Å². The number of aliphatic hydroxyl groups is 1. The molecule has 2 aromatic rings. The molecule has 2 rings (SSSR count). The second-order valence-corrected chi connectivity index (χ2v) is 6.17. The summed E-state index contributed by atoms with van der Waals surface area (Å²) in [5.41, 5.74) is 7.55. The van der Waals surface area contributed by atoms with Gasteiger partial charge in [-0.25, -0.2) is 4.98 Å². The number of nitrogens with two attached hydrogens (primary N) is 1. The van der Waals surface area contributed by atoms with Crippen LogP contribution in [0.1, 0.15) is 11.1 Å². The van der Waals surface area contributed by atoms with Crippen molar-refractivity contribution < 1.29 is 14.6 Å². The molecule has 0 fully saturated rings. The van der Waals surface area contributed by atoms with Crippen LogP contribution in [0.2, 0.25) is 0 Å². The van der Waals surface area contributed by atoms with E-state index in [-0.39, 0.29) is 24.6 Å². The van der Waals surface area contributed by atoms with Gasteiger partial charge in [0.25, 0.3) is 0 Å². The summed E-state index contributed by atoms with van der Waals surface area (Å²) in [5, 5.41) is 28.4. The Morgan fingerprint density at radius 2 is 1.85 bits per heavy atom. The fourth-order valence-corrected chi connectivity index (χ4v) is 3.19. The van der Waals surface area contributed by atoms with Gasteiger partial charge in [0.15, 0.2) is 0 Å². The molecule has 0 atom stereocenters. The van der Waals surface area contributed by atoms with Crippen molar-refractivity contribution in [2.24, 2.45) is 0 Å². The van der Waals surface area contributed by atoms with E-state index >= 15 is 0 Å². The number of nitriles is 2. The normalized spacial score (nSPS) is 10.2. The molecule has 1 heterocycles. The summed E-state index contributed by atoms with van der Waals surface area (Å²) in [6.45, 7) is 0.611. The molecule has 7 nitrogen and oxygen atoms in total. The Kier molecular flexibility index (Phi) is 7.24. The molecule has 134 valence electrons. The molecule has 0 saturated carbocycles. The third kappa shape index (κ3) is 4.44. The lowest BCUT2D eigenvalue weighted by molar-refractivity contribution is 0.201. The minimum absolute atomic E-state index is 0.0815. The Morgan fingerprint density at radius 1 is 1.15 bits per heavy atom. The summed E-state index contributed by atoms with van der Waals surface area (Å²) in [7, 11) is 1.60. The van der Waals surface area contributed by atoms with Crippen molar-refractivity contribution in [1.29, 1.82) is 10.5 Å². The minimum Gasteiger partial charge on any atom is -0.491 e. The highest BCUT2D eigenvalue weighted by molar-refractivity contribution is 7.99. The highest BCUT2D eigenvalue weighted by atomic mass is 32.2. The van der Waals surface area contributed by atoms with E-state index in [1.807, 2.05) is 6.07 Å². The number of aliphatic hydroxyl groups excluding tert-OH is 1. The van der Waals surface area contributed by atoms with Crippen molar-refractivity contribution in [1.82, 2.24) is 4.98 Å². The van der Waals surface area contributed by atoms with Crippen LogP contribution < -0.4 is 10.5 Å². The summed E-state index contributed by atoms with van der Waals surface area (Å²) in [5.74, 6) is 1.27. The summed E-state index contributed by atoms with van der Waals surface area (Å²) >= 11 is 1.35. The number of benzene rings is 1. The van der Waals surface area contributed by atoms with Gasteiger partial charge in [-0.2, -0.15) is 10.5 Å². The maximum atomic E-state index is 9.66. The van der Waals surface area contributed by atoms with Crippen LogP contribution in [-0.2, 0) is 4.74 Å². The average Bonchev–Trinajstić information content (AvgIpc) is 2.66. The Balaban J connectivity index is 2.51. The van der Waals surface area contributed by atoms with E-state index in [0.717, 1.165) is 0 Å². The van der Waals surface area contributed by atoms with Crippen LogP contribution in [0.3, 0.4) is 0 Å². The zero-order valence-electron chi connectivity index (χ0n) is 14.2. The van der Waals surface area contributed by atoms with Gasteiger partial charge >= 0.3 is 0 Å². The molecular weight excluding hydrogens is 352 g/mol. The predicted octanol–water partition coefficient (Wildman–Crippen LogP) is 2.18. The Morgan fingerprint density at radius 3 is 2.42 bits per heavy atom. The van der Waals surface area contributed by atoms with Crippen LogP contribution in [0.25, 0.3) is 11.1 Å². The molecule has 0 aliphatic rings. The van der Waals surface area contributed by atoms with Crippen LogP contribution in [-0.4, -0.2) is 42.8 Å². The maximum Gasteiger partial charge on any atom is 0.143 e. The fraction of sp³-hybridized carbons (Fsp3) is 0.278. The van der Waals surface area contributed by atoms with Crippen molar-refractivity contribution in [3.63, 3.8) is 0 Å². The zero-order chi connectivity index (χ0) is 18.9. The van der Waals surface area contributed by atoms with E-state index in [4.69, 9.17) is 20.3 Å². The van der Waals surface area contributed by atoms with E-state index in [0.29, 0.717) is 39.8 Å². The first-order valence-corrected chi connectivity index (χ1v) is 8.74. The monoisotopic (exact) mass is 370 g/mol. The lowest BCUT2D eigenvalue weighted by Crippen LogP contribution is -2.04. The Labute approximate surface area is 156 Å². The molecule has 1 aromatic heterocycles. The first-order valence-electron chi connectivity index (χ1n) is 7.75. The molecule has 0 radical (unpaired) electrons. The van der Waals surface area contributed by atoms with Crippen LogP contribution in [0.5, 0.6) is 5.75 Å². The molecule has 0 amide bonds. The van der Waals surface area contributed by atoms with Crippen LogP contribution >= 0.6 is 11.8 Å². The number of ether oxygens (including phenoxy) is 2. The van der Waals surface area contributed by atoms with Crippen molar-refractivity contribution in [2.75, 3.05) is 38.4 Å².